The van der Waals surface area contributed by atoms with Crippen LogP contribution in [0.3, 0.4) is 0 Å². The van der Waals surface area contributed by atoms with Gasteiger partial charge in [0.1, 0.15) is 29.0 Å². The number of rotatable bonds is 10. The van der Waals surface area contributed by atoms with E-state index in [1.54, 1.807) is 0 Å². The standard InChI is InChI=1S/C72H70F2N4O/c1-44(2)47-30-48(45(3)4)32-50(31-47)62-37-54(72(11,12)13)38-63(51-33-55(73)40-56(74)34-51)69(62)77-43-76(65-20-16-17-21-66(65)77)57-35-49(46-22-24-52(25-23-46)70(5,6)7)36-59(41-57)79-58-26-27-61-60-18-14-15-19-64(60)78(67(61)42-58)68-39-53(28-29-75-68)71(8,9)10/h14-42,44-45H,1-13H3/q+2. The van der Waals surface area contributed by atoms with Crippen LogP contribution in [0.25, 0.3) is 61.0 Å². The molecule has 7 heteroatoms. The van der Waals surface area contributed by atoms with Crippen LogP contribution in [0, 0.1) is 11.6 Å². The zero-order valence-corrected chi connectivity index (χ0v) is 47.9. The second-order valence-electron chi connectivity index (χ2n) is 25.1. The van der Waals surface area contributed by atoms with E-state index >= 15 is 8.78 Å². The van der Waals surface area contributed by atoms with Crippen LogP contribution in [0.15, 0.2) is 176 Å². The number of aromatic nitrogens is 2. The molecule has 11 rings (SSSR count). The van der Waals surface area contributed by atoms with Gasteiger partial charge in [0, 0.05) is 47.3 Å². The molecule has 0 aliphatic carbocycles. The lowest BCUT2D eigenvalue weighted by Gasteiger charge is -2.23. The largest absolute Gasteiger partial charge is 0.503 e. The first-order chi connectivity index (χ1) is 37.5. The van der Waals surface area contributed by atoms with Gasteiger partial charge in [-0.15, -0.1) is 0 Å². The first-order valence-corrected chi connectivity index (χ1v) is 27.7. The maximum Gasteiger partial charge on any atom is 0.503 e. The van der Waals surface area contributed by atoms with Crippen molar-refractivity contribution in [1.29, 1.82) is 0 Å². The summed E-state index contributed by atoms with van der Waals surface area (Å²) in [4.78, 5) is 4.94. The summed E-state index contributed by atoms with van der Waals surface area (Å²) in [6, 6.07) is 61.5. The summed E-state index contributed by atoms with van der Waals surface area (Å²) in [5.41, 5.74) is 15.9. The second-order valence-corrected chi connectivity index (χ2v) is 25.1. The van der Waals surface area contributed by atoms with Crippen molar-refractivity contribution in [3.05, 3.63) is 216 Å². The molecule has 0 bridgehead atoms. The van der Waals surface area contributed by atoms with E-state index < -0.39 is 11.6 Å². The van der Waals surface area contributed by atoms with Crippen molar-refractivity contribution in [3.8, 4) is 50.7 Å². The van der Waals surface area contributed by atoms with Gasteiger partial charge in [-0.2, -0.15) is 0 Å². The molecule has 2 aromatic heterocycles. The fourth-order valence-corrected chi connectivity index (χ4v) is 10.9. The molecular weight excluding hydrogens is 975 g/mol. The van der Waals surface area contributed by atoms with Crippen molar-refractivity contribution in [1.82, 2.24) is 18.7 Å². The number of pyridine rings is 1. The van der Waals surface area contributed by atoms with E-state index in [1.807, 2.05) is 24.4 Å². The predicted octanol–water partition coefficient (Wildman–Crippen LogP) is 20.2. The van der Waals surface area contributed by atoms with E-state index in [9.17, 15) is 0 Å². The third kappa shape index (κ3) is 10.2. The number of nitrogens with zero attached hydrogens (tertiary/aromatic N) is 4. The monoisotopic (exact) mass is 1040 g/mol. The second kappa shape index (κ2) is 19.9. The number of para-hydroxylation sites is 3. The SMILES string of the molecule is CC(C)c1cc(-c2cc(C(C)(C)C)cc(-c3cc(F)cc(F)c3)c2[N+]2=C=[N+](c3cc(Oc4ccc5c6ccccc6n(-c6cc(C(C)(C)C)ccn6)c5c4)cc(-c4ccc(C(C)(C)C)cc4)c3)c3ccccc32)cc(C(C)C)c1. The van der Waals surface area contributed by atoms with Crippen LogP contribution >= 0.6 is 0 Å². The van der Waals surface area contributed by atoms with Gasteiger partial charge in [-0.05, 0) is 148 Å². The smallest absolute Gasteiger partial charge is 0.457 e. The Morgan fingerprint density at radius 1 is 0.468 bits per heavy atom. The summed E-state index contributed by atoms with van der Waals surface area (Å²) < 4.78 is 44.8. The molecule has 0 spiro atoms. The van der Waals surface area contributed by atoms with E-state index in [-0.39, 0.29) is 28.1 Å². The average molecular weight is 1050 g/mol. The molecule has 0 unspecified atom stereocenters. The Morgan fingerprint density at radius 3 is 1.67 bits per heavy atom. The predicted molar refractivity (Wildman–Crippen MR) is 326 cm³/mol. The third-order valence-electron chi connectivity index (χ3n) is 15.5. The summed E-state index contributed by atoms with van der Waals surface area (Å²) in [5.74, 6) is 1.38. The molecule has 3 heterocycles. The highest BCUT2D eigenvalue weighted by atomic mass is 19.1. The maximum atomic E-state index is 15.6. The minimum atomic E-state index is -0.643. The molecule has 396 valence electrons. The van der Waals surface area contributed by atoms with Gasteiger partial charge in [-0.25, -0.2) is 13.8 Å². The van der Waals surface area contributed by atoms with Crippen LogP contribution < -0.4 is 13.9 Å². The van der Waals surface area contributed by atoms with E-state index in [4.69, 9.17) is 9.72 Å². The minimum Gasteiger partial charge on any atom is -0.457 e. The Morgan fingerprint density at radius 2 is 1.05 bits per heavy atom. The van der Waals surface area contributed by atoms with Crippen molar-refractivity contribution < 1.29 is 13.5 Å². The Labute approximate surface area is 464 Å². The van der Waals surface area contributed by atoms with Crippen molar-refractivity contribution >= 4 is 50.6 Å². The van der Waals surface area contributed by atoms with Crippen LogP contribution in [0.5, 0.6) is 11.5 Å². The third-order valence-corrected chi connectivity index (χ3v) is 15.5. The molecule has 8 aromatic carbocycles. The first-order valence-electron chi connectivity index (χ1n) is 27.7. The van der Waals surface area contributed by atoms with Crippen molar-refractivity contribution in [2.24, 2.45) is 0 Å². The summed E-state index contributed by atoms with van der Waals surface area (Å²) in [6.45, 7) is 28.8. The van der Waals surface area contributed by atoms with Crippen LogP contribution in [-0.2, 0) is 16.2 Å². The zero-order valence-electron chi connectivity index (χ0n) is 47.9. The van der Waals surface area contributed by atoms with Crippen LogP contribution in [0.1, 0.15) is 130 Å². The summed E-state index contributed by atoms with van der Waals surface area (Å²) >= 11 is 0. The fourth-order valence-electron chi connectivity index (χ4n) is 10.9. The topological polar surface area (TPSA) is 33.1 Å². The molecule has 1 aliphatic rings. The molecule has 0 saturated carbocycles. The van der Waals surface area contributed by atoms with Gasteiger partial charge in [0.2, 0.25) is 11.4 Å². The number of hydrogen-bond acceptors (Lipinski definition) is 2. The average Bonchev–Trinajstić information content (AvgIpc) is 4.12. The quantitative estimate of drug-likeness (QED) is 0.128. The zero-order chi connectivity index (χ0) is 55.9. The molecule has 0 saturated heterocycles. The Balaban J connectivity index is 1.17. The highest BCUT2D eigenvalue weighted by molar-refractivity contribution is 6.09. The molecule has 0 N–H and O–H groups in total. The minimum absolute atomic E-state index is 0.0292. The molecule has 79 heavy (non-hydrogen) atoms. The maximum absolute atomic E-state index is 15.6. The van der Waals surface area contributed by atoms with Gasteiger partial charge in [-0.3, -0.25) is 4.57 Å². The van der Waals surface area contributed by atoms with Gasteiger partial charge in [0.15, 0.2) is 0 Å². The lowest BCUT2D eigenvalue weighted by Crippen LogP contribution is -2.13. The van der Waals surface area contributed by atoms with Crippen molar-refractivity contribution in [2.45, 2.75) is 118 Å². The normalized spacial score (nSPS) is 12.9. The molecule has 5 nitrogen and oxygen atoms in total. The van der Waals surface area contributed by atoms with Crippen molar-refractivity contribution in [2.75, 3.05) is 0 Å². The van der Waals surface area contributed by atoms with Crippen LogP contribution in [0.2, 0.25) is 0 Å². The van der Waals surface area contributed by atoms with Crippen LogP contribution in [-0.4, -0.2) is 15.6 Å². The Bertz CT molecular complexity index is 4070. The molecule has 0 atom stereocenters. The fraction of sp³-hybridized carbons (Fsp3) is 0.250. The van der Waals surface area contributed by atoms with Crippen LogP contribution in [0.4, 0.5) is 31.5 Å². The number of fused-ring (bicyclic) bond motifs is 4. The summed E-state index contributed by atoms with van der Waals surface area (Å²) in [7, 11) is 0. The Kier molecular flexibility index (Phi) is 13.3. The lowest BCUT2D eigenvalue weighted by atomic mass is 9.81. The van der Waals surface area contributed by atoms with Gasteiger partial charge in [0.25, 0.3) is 11.4 Å². The highest BCUT2D eigenvalue weighted by Crippen LogP contribution is 2.49. The number of ether oxygens (including phenoxy) is 1. The number of hydrogen-bond donors (Lipinski definition) is 0. The lowest BCUT2D eigenvalue weighted by molar-refractivity contribution is 0.483. The summed E-state index contributed by atoms with van der Waals surface area (Å²) in [6.07, 6.45) is 1.90. The molecular formula is C72H70F2N4O+2. The first kappa shape index (κ1) is 52.8. The molecule has 1 aliphatic heterocycles. The number of halogens is 2. The molecule has 0 fully saturated rings. The van der Waals surface area contributed by atoms with E-state index in [0.717, 1.165) is 84.3 Å². The molecule has 10 aromatic rings. The van der Waals surface area contributed by atoms with Gasteiger partial charge in [-0.1, -0.05) is 163 Å². The van der Waals surface area contributed by atoms with E-state index in [1.165, 1.54) is 34.4 Å². The molecule has 0 radical (unpaired) electrons. The van der Waals surface area contributed by atoms with Gasteiger partial charge in [0.05, 0.1) is 28.2 Å². The van der Waals surface area contributed by atoms with Gasteiger partial charge < -0.3 is 4.74 Å². The van der Waals surface area contributed by atoms with Gasteiger partial charge >= 0.3 is 6.01 Å². The van der Waals surface area contributed by atoms with E-state index in [2.05, 4.69) is 243 Å². The van der Waals surface area contributed by atoms with E-state index in [0.29, 0.717) is 22.6 Å². The Hall–Kier alpha value is -8.25. The number of benzene rings is 8. The van der Waals surface area contributed by atoms with Crippen molar-refractivity contribution in [3.63, 3.8) is 0 Å². The summed E-state index contributed by atoms with van der Waals surface area (Å²) in [5, 5.41) is 2.23. The highest BCUT2D eigenvalue weighted by Gasteiger charge is 2.41. The molecule has 0 amide bonds.